The molecule has 0 aromatic heterocycles. The molecule has 0 heterocycles. The number of carbonyl (C=O) groups excluding carboxylic acids is 1. The number of Topliss-reactive ketones (excluding diaryl/α,β-unsaturated/α-hetero) is 1. The zero-order chi connectivity index (χ0) is 47.3. The Hall–Kier alpha value is -1.29. The monoisotopic (exact) mass is 1070 g/mol. The van der Waals surface area contributed by atoms with E-state index >= 15 is 0 Å². The first-order chi connectivity index (χ1) is 27.8. The minimum absolute atomic E-state index is 0. The molecule has 0 bridgehead atoms. The first-order valence-electron chi connectivity index (χ1n) is 15.1. The van der Waals surface area contributed by atoms with Crippen LogP contribution < -0.4 is 138 Å². The molecule has 1 aliphatic carbocycles. The normalized spacial score (nSPS) is 12.5. The molecule has 338 valence electrons. The van der Waals surface area contributed by atoms with Crippen LogP contribution in [0.25, 0.3) is 6.08 Å². The summed E-state index contributed by atoms with van der Waals surface area (Å²) < 4.78 is 187. The van der Waals surface area contributed by atoms with Gasteiger partial charge in [-0.25, -0.2) is 42.1 Å². The number of benzene rings is 3. The molecule has 0 saturated carbocycles. The average Bonchev–Trinajstić information content (AvgIpc) is 3.14. The first-order valence-corrected chi connectivity index (χ1v) is 23.6. The van der Waals surface area contributed by atoms with E-state index in [1.54, 1.807) is 7.05 Å². The summed E-state index contributed by atoms with van der Waals surface area (Å²) in [7, 11) is -21.7. The number of fused-ring (bicyclic) bond motifs is 1. The van der Waals surface area contributed by atoms with Crippen molar-refractivity contribution in [1.29, 1.82) is 0 Å². The first kappa shape index (κ1) is 70.3. The summed E-state index contributed by atoms with van der Waals surface area (Å²) in [5, 5.41) is 15.0. The van der Waals surface area contributed by atoms with Crippen LogP contribution in [-0.2, 0) is 61.2 Å². The predicted molar refractivity (Wildman–Crippen MR) is 206 cm³/mol. The van der Waals surface area contributed by atoms with Gasteiger partial charge in [0.2, 0.25) is 20.8 Å². The Balaban J connectivity index is -0.000000903. The van der Waals surface area contributed by atoms with E-state index in [1.807, 2.05) is 0 Å². The molecule has 0 atom stereocenters. The zero-order valence-electron chi connectivity index (χ0n) is 34.9. The molecule has 4 rings (SSSR count). The molecule has 65 heavy (non-hydrogen) atoms. The summed E-state index contributed by atoms with van der Waals surface area (Å²) >= 11 is 0. The Morgan fingerprint density at radius 2 is 1.22 bits per heavy atom. The number of nitrogens with one attached hydrogen (secondary N) is 2. The van der Waals surface area contributed by atoms with Gasteiger partial charge in [-0.15, -0.1) is 12.6 Å². The molecule has 4 N–H and O–H groups in total. The zero-order valence-corrected chi connectivity index (χ0v) is 47.8. The summed E-state index contributed by atoms with van der Waals surface area (Å²) in [6.07, 6.45) is 4.14. The average molecular weight is 1070 g/mol. The van der Waals surface area contributed by atoms with Gasteiger partial charge < -0.3 is 47.1 Å². The summed E-state index contributed by atoms with van der Waals surface area (Å²) in [4.78, 5) is 12.0. The number of allylic oxidation sites excluding steroid dienone is 1. The van der Waals surface area contributed by atoms with Crippen LogP contribution in [0.1, 0.15) is 15.9 Å². The molecular formula is C29H29N5Na4O21S6-2. The predicted octanol–water partition coefficient (Wildman–Crippen LogP) is -11.2. The van der Waals surface area contributed by atoms with Crippen molar-refractivity contribution < 1.29 is 210 Å². The maximum atomic E-state index is 13.4. The van der Waals surface area contributed by atoms with Crippen LogP contribution in [0.5, 0.6) is 11.5 Å². The van der Waals surface area contributed by atoms with Gasteiger partial charge in [0.1, 0.15) is 37.9 Å². The van der Waals surface area contributed by atoms with Crippen molar-refractivity contribution in [2.45, 2.75) is 14.7 Å². The minimum atomic E-state index is -5.18. The molecule has 3 aromatic rings. The van der Waals surface area contributed by atoms with Crippen LogP contribution in [0.3, 0.4) is 0 Å². The molecule has 0 unspecified atom stereocenters. The van der Waals surface area contributed by atoms with Gasteiger partial charge in [-0.1, -0.05) is 28.7 Å². The largest absolute Gasteiger partial charge is 1.00 e. The number of hydrazone groups is 1. The Morgan fingerprint density at radius 1 is 0.723 bits per heavy atom. The van der Waals surface area contributed by atoms with Crippen molar-refractivity contribution in [1.82, 2.24) is 0 Å². The number of hydrogen-bond donors (Lipinski definition) is 4. The number of azo groups is 1. The molecular weight excluding hydrogens is 1040 g/mol. The van der Waals surface area contributed by atoms with E-state index in [0.29, 0.717) is 11.8 Å². The summed E-state index contributed by atoms with van der Waals surface area (Å²) in [5.74, 6) is -1.49. The molecule has 26 nitrogen and oxygen atoms in total. The number of nitrogens with zero attached hydrogens (tertiary/aromatic N) is 3. The second-order valence-corrected chi connectivity index (χ2v) is 18.2. The van der Waals surface area contributed by atoms with Crippen molar-refractivity contribution in [3.05, 3.63) is 73.5 Å². The molecule has 0 spiro atoms. The van der Waals surface area contributed by atoms with Gasteiger partial charge in [-0.2, -0.15) is 27.5 Å². The van der Waals surface area contributed by atoms with Gasteiger partial charge in [-0.3, -0.25) is 14.5 Å². The van der Waals surface area contributed by atoms with Gasteiger partial charge in [0.15, 0.2) is 19.7 Å². The quantitative estimate of drug-likeness (QED) is 0.0327. The Kier molecular flexibility index (Phi) is 32.8. The van der Waals surface area contributed by atoms with E-state index in [9.17, 15) is 34.6 Å². The number of methoxy groups -OCH3 is 2. The molecule has 0 saturated heterocycles. The fraction of sp³-hybridized carbons (Fsp3) is 0.172. The number of ketones is 1. The van der Waals surface area contributed by atoms with E-state index in [0.717, 1.165) is 12.1 Å². The van der Waals surface area contributed by atoms with Crippen LogP contribution in [0.15, 0.2) is 72.5 Å². The number of carbonyl (C=O) groups is 1. The minimum Gasteiger partial charge on any atom is -0.744 e. The van der Waals surface area contributed by atoms with Gasteiger partial charge in [0.05, 0.1) is 35.5 Å². The summed E-state index contributed by atoms with van der Waals surface area (Å²) in [5.41, 5.74) is 3.05. The van der Waals surface area contributed by atoms with Crippen molar-refractivity contribution in [2.75, 3.05) is 43.5 Å². The SMILES string of the molecule is O=S(=O)([O-])O.O=S(=O)([O-])O.O=S(=O)=O.[CH2-]CS(=O)(=O)c1ccc(N=Nc2c(NC)ccc3c2C=[C-]C(=NNc2cc(OC)c(S(=O)(=O)C[CH2-])cc2OC)C3=O)c(S(=O)(=O)[O-])c1.[Na+].[Na+].[Na+].[Na+]. The smallest absolute Gasteiger partial charge is 0.744 e. The van der Waals surface area contributed by atoms with E-state index in [1.165, 1.54) is 44.6 Å². The second kappa shape index (κ2) is 30.3. The molecule has 0 radical (unpaired) electrons. The summed E-state index contributed by atoms with van der Waals surface area (Å²) in [6, 6.07) is 8.39. The standard InChI is InChI=1S/C29H28N5O10S3.4Na.2H2O4S.O3S/c1-6-45(36,37)17-8-11-20(26(14-17)47(40,41)42)31-34-28-18-9-13-22(29(35)19(18)10-12-21(28)30-3)32-33-23-15-25(44-5)27(16-24(23)43-4)46(38,39)7-2;;;;;2*1-5(2,3)4;1-4(2)3/h8-12,14-16,30,33H,1-2,6-7H2,3-5H3,(H,40,41,42);;;;;2*(H2,1,2,3,4);/q-3;4*+1;;;/p-3. The number of hydrogen-bond acceptors (Lipinski definition) is 24. The Morgan fingerprint density at radius 3 is 1.65 bits per heavy atom. The van der Waals surface area contributed by atoms with Crippen LogP contribution in [-0.4, -0.2) is 122 Å². The van der Waals surface area contributed by atoms with Gasteiger partial charge >= 0.3 is 129 Å². The fourth-order valence-electron chi connectivity index (χ4n) is 4.30. The third-order valence-corrected chi connectivity index (χ3v) is 10.7. The molecule has 0 amide bonds. The maximum absolute atomic E-state index is 13.4. The van der Waals surface area contributed by atoms with Crippen molar-refractivity contribution in [2.24, 2.45) is 15.3 Å². The fourth-order valence-corrected chi connectivity index (χ4v) is 6.77. The molecule has 1 aliphatic rings. The Bertz CT molecular complexity index is 2890. The van der Waals surface area contributed by atoms with E-state index in [-0.39, 0.29) is 163 Å². The van der Waals surface area contributed by atoms with Crippen molar-refractivity contribution in [3.8, 4) is 11.5 Å². The third kappa shape index (κ3) is 24.2. The topological polar surface area (TPSA) is 428 Å². The Labute approximate surface area is 463 Å². The van der Waals surface area contributed by atoms with Crippen molar-refractivity contribution >= 4 is 102 Å². The second-order valence-electron chi connectivity index (χ2n) is 10.5. The number of ether oxygens (including phenoxy) is 2. The van der Waals surface area contributed by atoms with Crippen LogP contribution >= 0.6 is 0 Å². The molecule has 0 aliphatic heterocycles. The van der Waals surface area contributed by atoms with Crippen LogP contribution in [0.4, 0.5) is 22.7 Å². The molecule has 36 heteroatoms. The number of sulfone groups is 2. The summed E-state index contributed by atoms with van der Waals surface area (Å²) in [6.45, 7) is 6.74. The van der Waals surface area contributed by atoms with Gasteiger partial charge in [0, 0.05) is 30.6 Å². The maximum Gasteiger partial charge on any atom is 1.00 e. The third-order valence-electron chi connectivity index (χ3n) is 6.76. The van der Waals surface area contributed by atoms with E-state index in [2.05, 4.69) is 46.0 Å². The van der Waals surface area contributed by atoms with Crippen LogP contribution in [0.2, 0.25) is 0 Å². The van der Waals surface area contributed by atoms with Crippen molar-refractivity contribution in [3.63, 3.8) is 0 Å². The van der Waals surface area contributed by atoms with Gasteiger partial charge in [0.25, 0.3) is 0 Å². The van der Waals surface area contributed by atoms with E-state index in [4.69, 9.17) is 57.1 Å². The number of rotatable bonds is 12. The molecule has 0 fully saturated rings. The number of anilines is 2. The van der Waals surface area contributed by atoms with Gasteiger partial charge in [-0.05, 0) is 24.3 Å². The van der Waals surface area contributed by atoms with E-state index < -0.39 is 94.0 Å². The van der Waals surface area contributed by atoms with Crippen LogP contribution in [0, 0.1) is 19.9 Å². The molecule has 3 aromatic carbocycles.